The zero-order valence-electron chi connectivity index (χ0n) is 20.3. The Morgan fingerprint density at radius 3 is 2.44 bits per heavy atom. The number of fused-ring (bicyclic) bond motifs is 1. The Morgan fingerprint density at radius 2 is 1.79 bits per heavy atom. The van der Waals surface area contributed by atoms with Crippen LogP contribution in [0.3, 0.4) is 0 Å². The first-order valence-electron chi connectivity index (χ1n) is 11.3. The third-order valence-electron chi connectivity index (χ3n) is 5.86. The summed E-state index contributed by atoms with van der Waals surface area (Å²) < 4.78 is 3.97. The van der Waals surface area contributed by atoms with E-state index >= 15 is 0 Å². The van der Waals surface area contributed by atoms with Crippen LogP contribution in [0, 0.1) is 20.8 Å². The van der Waals surface area contributed by atoms with E-state index in [2.05, 4.69) is 27.1 Å². The first-order chi connectivity index (χ1) is 16.2. The highest BCUT2D eigenvalue weighted by Gasteiger charge is 2.22. The lowest BCUT2D eigenvalue weighted by molar-refractivity contribution is -0.114. The summed E-state index contributed by atoms with van der Waals surface area (Å²) in [6.07, 6.45) is 0. The summed E-state index contributed by atoms with van der Waals surface area (Å²) in [7, 11) is 1.79. The maximum atomic E-state index is 13.7. The molecule has 1 N–H and O–H groups in total. The van der Waals surface area contributed by atoms with Gasteiger partial charge in [-0.05, 0) is 44.5 Å². The number of carbonyl (C=O) groups is 2. The monoisotopic (exact) mass is 458 g/mol. The van der Waals surface area contributed by atoms with Crippen molar-refractivity contribution in [2.75, 3.05) is 18.9 Å². The van der Waals surface area contributed by atoms with E-state index in [0.717, 1.165) is 28.3 Å². The van der Waals surface area contributed by atoms with Gasteiger partial charge in [0.1, 0.15) is 5.82 Å². The minimum atomic E-state index is -0.198. The van der Waals surface area contributed by atoms with Crippen molar-refractivity contribution in [3.8, 4) is 0 Å². The van der Waals surface area contributed by atoms with Gasteiger partial charge in [-0.3, -0.25) is 14.3 Å². The van der Waals surface area contributed by atoms with Crippen LogP contribution in [0.4, 0.5) is 5.69 Å². The van der Waals surface area contributed by atoms with E-state index in [0.29, 0.717) is 36.4 Å². The third-order valence-corrected chi connectivity index (χ3v) is 5.86. The van der Waals surface area contributed by atoms with E-state index in [1.54, 1.807) is 18.0 Å². The molecule has 0 unspecified atom stereocenters. The number of carbonyl (C=O) groups excluding carboxylic acids is 2. The topological polar surface area (TPSA) is 85.1 Å². The van der Waals surface area contributed by atoms with Crippen molar-refractivity contribution in [2.45, 2.75) is 40.8 Å². The Kier molecular flexibility index (Phi) is 6.49. The number of hydrogen-bond donors (Lipinski definition) is 1. The van der Waals surface area contributed by atoms with Gasteiger partial charge in [-0.15, -0.1) is 0 Å². The highest BCUT2D eigenvalue weighted by molar-refractivity contribution is 6.07. The molecule has 2 aromatic carbocycles. The molecule has 0 saturated heterocycles. The number of hydrogen-bond acceptors (Lipinski definition) is 4. The number of aryl methyl sites for hydroxylation is 3. The second-order valence-corrected chi connectivity index (χ2v) is 8.68. The fourth-order valence-electron chi connectivity index (χ4n) is 4.24. The number of anilines is 1. The Balaban J connectivity index is 1.72. The number of amides is 2. The van der Waals surface area contributed by atoms with E-state index < -0.39 is 0 Å². The standard InChI is InChI=1S/C26H30N6O2/c1-17-13-18(2)32(29-17)12-11-30(5)26(34)23-14-22(28-20(4)33)15-24-25(23)31(19(3)27-24)16-21-9-7-6-8-10-21/h6-10,13-15H,11-12,16H2,1-5H3,(H,28,33). The van der Waals surface area contributed by atoms with Gasteiger partial charge in [-0.2, -0.15) is 5.10 Å². The number of aromatic nitrogens is 4. The molecule has 0 spiro atoms. The molecule has 0 fully saturated rings. The first kappa shape index (κ1) is 23.2. The summed E-state index contributed by atoms with van der Waals surface area (Å²) in [5.41, 5.74) is 5.63. The van der Waals surface area contributed by atoms with Crippen molar-refractivity contribution in [3.05, 3.63) is 76.9 Å². The van der Waals surface area contributed by atoms with Crippen molar-refractivity contribution in [3.63, 3.8) is 0 Å². The molecule has 4 aromatic rings. The number of nitrogens with zero attached hydrogens (tertiary/aromatic N) is 5. The summed E-state index contributed by atoms with van der Waals surface area (Å²) in [6.45, 7) is 9.04. The van der Waals surface area contributed by atoms with Crippen LogP contribution >= 0.6 is 0 Å². The number of likely N-dealkylation sites (N-methyl/N-ethyl adjacent to an activating group) is 1. The van der Waals surface area contributed by atoms with Crippen LogP contribution in [0.25, 0.3) is 11.0 Å². The second-order valence-electron chi connectivity index (χ2n) is 8.68. The normalized spacial score (nSPS) is 11.1. The van der Waals surface area contributed by atoms with E-state index in [1.165, 1.54) is 6.92 Å². The van der Waals surface area contributed by atoms with Crippen molar-refractivity contribution in [1.29, 1.82) is 0 Å². The average molecular weight is 459 g/mol. The number of rotatable bonds is 7. The molecule has 4 rings (SSSR count). The van der Waals surface area contributed by atoms with Crippen LogP contribution in [-0.4, -0.2) is 49.6 Å². The maximum Gasteiger partial charge on any atom is 0.255 e. The third kappa shape index (κ3) is 4.85. The fraction of sp³-hybridized carbons (Fsp3) is 0.308. The fourth-order valence-corrected chi connectivity index (χ4v) is 4.24. The molecule has 0 atom stereocenters. The minimum absolute atomic E-state index is 0.132. The molecule has 8 heteroatoms. The van der Waals surface area contributed by atoms with Crippen LogP contribution in [0.1, 0.15) is 40.1 Å². The molecule has 0 aliphatic rings. The molecule has 0 bridgehead atoms. The van der Waals surface area contributed by atoms with Crippen LogP contribution in [0.2, 0.25) is 0 Å². The zero-order valence-corrected chi connectivity index (χ0v) is 20.3. The van der Waals surface area contributed by atoms with Gasteiger partial charge < -0.3 is 14.8 Å². The lowest BCUT2D eigenvalue weighted by Gasteiger charge is -2.20. The molecule has 2 amide bonds. The van der Waals surface area contributed by atoms with Crippen molar-refractivity contribution in [1.82, 2.24) is 24.2 Å². The molecule has 0 radical (unpaired) electrons. The number of nitrogens with one attached hydrogen (secondary N) is 1. The molecular formula is C26H30N6O2. The summed E-state index contributed by atoms with van der Waals surface area (Å²) in [4.78, 5) is 31.8. The largest absolute Gasteiger partial charge is 0.340 e. The second kappa shape index (κ2) is 9.51. The van der Waals surface area contributed by atoms with Crippen LogP contribution < -0.4 is 5.32 Å². The summed E-state index contributed by atoms with van der Waals surface area (Å²) in [6, 6.07) is 15.7. The molecular weight excluding hydrogens is 428 g/mol. The van der Waals surface area contributed by atoms with Gasteiger partial charge >= 0.3 is 0 Å². The van der Waals surface area contributed by atoms with E-state index in [4.69, 9.17) is 4.98 Å². The molecule has 8 nitrogen and oxygen atoms in total. The van der Waals surface area contributed by atoms with Crippen LogP contribution in [0.15, 0.2) is 48.5 Å². The van der Waals surface area contributed by atoms with Crippen molar-refractivity contribution in [2.24, 2.45) is 0 Å². The lowest BCUT2D eigenvalue weighted by Crippen LogP contribution is -2.31. The van der Waals surface area contributed by atoms with Crippen molar-refractivity contribution >= 4 is 28.5 Å². The molecule has 0 saturated carbocycles. The first-order valence-corrected chi connectivity index (χ1v) is 11.3. The molecule has 2 aromatic heterocycles. The smallest absolute Gasteiger partial charge is 0.255 e. The average Bonchev–Trinajstić information content (AvgIpc) is 3.28. The van der Waals surface area contributed by atoms with E-state index in [1.807, 2.05) is 55.8 Å². The van der Waals surface area contributed by atoms with Gasteiger partial charge in [0.2, 0.25) is 5.91 Å². The Morgan fingerprint density at radius 1 is 1.06 bits per heavy atom. The van der Waals surface area contributed by atoms with E-state index in [9.17, 15) is 9.59 Å². The quantitative estimate of drug-likeness (QED) is 0.455. The van der Waals surface area contributed by atoms with Crippen molar-refractivity contribution < 1.29 is 9.59 Å². The van der Waals surface area contributed by atoms with Crippen LogP contribution in [0.5, 0.6) is 0 Å². The number of benzene rings is 2. The predicted molar refractivity (Wildman–Crippen MR) is 133 cm³/mol. The minimum Gasteiger partial charge on any atom is -0.340 e. The van der Waals surface area contributed by atoms with E-state index in [-0.39, 0.29) is 11.8 Å². The highest BCUT2D eigenvalue weighted by Crippen LogP contribution is 2.27. The lowest BCUT2D eigenvalue weighted by atomic mass is 10.1. The van der Waals surface area contributed by atoms with Gasteiger partial charge in [0, 0.05) is 38.4 Å². The molecule has 0 aliphatic heterocycles. The van der Waals surface area contributed by atoms with Gasteiger partial charge in [-0.1, -0.05) is 30.3 Å². The molecule has 2 heterocycles. The highest BCUT2D eigenvalue weighted by atomic mass is 16.2. The SMILES string of the molecule is CC(=O)Nc1cc(C(=O)N(C)CCn2nc(C)cc2C)c2c(c1)nc(C)n2Cc1ccccc1. The molecule has 34 heavy (non-hydrogen) atoms. The predicted octanol–water partition coefficient (Wildman–Crippen LogP) is 3.94. The van der Waals surface area contributed by atoms with Gasteiger partial charge in [0.25, 0.3) is 5.91 Å². The number of imidazole rings is 1. The zero-order chi connectivity index (χ0) is 24.4. The van der Waals surface area contributed by atoms with Crippen LogP contribution in [-0.2, 0) is 17.9 Å². The van der Waals surface area contributed by atoms with Gasteiger partial charge in [0.15, 0.2) is 0 Å². The Hall–Kier alpha value is -3.94. The maximum absolute atomic E-state index is 13.7. The van der Waals surface area contributed by atoms with Gasteiger partial charge in [0.05, 0.1) is 28.8 Å². The summed E-state index contributed by atoms with van der Waals surface area (Å²) in [5.74, 6) is 0.474. The Labute approximate surface area is 199 Å². The Bertz CT molecular complexity index is 1350. The summed E-state index contributed by atoms with van der Waals surface area (Å²) >= 11 is 0. The van der Waals surface area contributed by atoms with Gasteiger partial charge in [-0.25, -0.2) is 4.98 Å². The molecule has 0 aliphatic carbocycles. The summed E-state index contributed by atoms with van der Waals surface area (Å²) in [5, 5.41) is 7.30. The molecule has 176 valence electrons.